The standard InChI is InChI=1S/C13H16BrFN4/c1-3-7-16-13(11-8-17-18-19(11)2)9-5-4-6-10(15)12(9)14/h4-6,8,13,16H,3,7H2,1-2H3. The first-order chi connectivity index (χ1) is 9.15. The summed E-state index contributed by atoms with van der Waals surface area (Å²) in [6.45, 7) is 2.92. The van der Waals surface area contributed by atoms with Crippen LogP contribution in [-0.4, -0.2) is 21.5 Å². The zero-order valence-electron chi connectivity index (χ0n) is 10.9. The highest BCUT2D eigenvalue weighted by Crippen LogP contribution is 2.29. The molecule has 1 aromatic heterocycles. The van der Waals surface area contributed by atoms with Crippen molar-refractivity contribution in [2.24, 2.45) is 7.05 Å². The van der Waals surface area contributed by atoms with Crippen LogP contribution in [-0.2, 0) is 7.05 Å². The number of aryl methyl sites for hydroxylation is 1. The Bertz CT molecular complexity index is 555. The fourth-order valence-electron chi connectivity index (χ4n) is 1.96. The van der Waals surface area contributed by atoms with Crippen LogP contribution in [0.1, 0.15) is 30.6 Å². The van der Waals surface area contributed by atoms with Crippen LogP contribution < -0.4 is 5.32 Å². The Hall–Kier alpha value is -1.27. The predicted molar refractivity (Wildman–Crippen MR) is 75.2 cm³/mol. The lowest BCUT2D eigenvalue weighted by Gasteiger charge is -2.20. The highest BCUT2D eigenvalue weighted by Gasteiger charge is 2.21. The van der Waals surface area contributed by atoms with Crippen molar-refractivity contribution in [1.29, 1.82) is 0 Å². The van der Waals surface area contributed by atoms with Crippen molar-refractivity contribution < 1.29 is 4.39 Å². The van der Waals surface area contributed by atoms with Crippen molar-refractivity contribution in [3.05, 3.63) is 45.9 Å². The van der Waals surface area contributed by atoms with E-state index >= 15 is 0 Å². The number of hydrogen-bond acceptors (Lipinski definition) is 3. The Kier molecular flexibility index (Phi) is 4.66. The number of aromatic nitrogens is 3. The van der Waals surface area contributed by atoms with Crippen LogP contribution in [0, 0.1) is 5.82 Å². The minimum Gasteiger partial charge on any atom is -0.305 e. The zero-order valence-corrected chi connectivity index (χ0v) is 12.5. The summed E-state index contributed by atoms with van der Waals surface area (Å²) < 4.78 is 15.9. The average Bonchev–Trinajstić information content (AvgIpc) is 2.81. The van der Waals surface area contributed by atoms with Crippen LogP contribution in [0.5, 0.6) is 0 Å². The van der Waals surface area contributed by atoms with Gasteiger partial charge in [0.05, 0.1) is 22.4 Å². The molecule has 2 aromatic rings. The molecule has 4 nitrogen and oxygen atoms in total. The summed E-state index contributed by atoms with van der Waals surface area (Å²) in [7, 11) is 1.83. The van der Waals surface area contributed by atoms with Crippen molar-refractivity contribution >= 4 is 15.9 Å². The maximum atomic E-state index is 13.7. The van der Waals surface area contributed by atoms with Crippen LogP contribution in [0.3, 0.4) is 0 Å². The van der Waals surface area contributed by atoms with Crippen LogP contribution in [0.25, 0.3) is 0 Å². The third-order valence-corrected chi connectivity index (χ3v) is 3.77. The molecule has 0 bridgehead atoms. The van der Waals surface area contributed by atoms with Gasteiger partial charge in [0, 0.05) is 7.05 Å². The van der Waals surface area contributed by atoms with E-state index in [0.717, 1.165) is 24.2 Å². The van der Waals surface area contributed by atoms with Gasteiger partial charge < -0.3 is 5.32 Å². The van der Waals surface area contributed by atoms with Gasteiger partial charge in [0.1, 0.15) is 5.82 Å². The highest BCUT2D eigenvalue weighted by atomic mass is 79.9. The van der Waals surface area contributed by atoms with Gasteiger partial charge in [0.2, 0.25) is 0 Å². The van der Waals surface area contributed by atoms with E-state index in [2.05, 4.69) is 38.5 Å². The fourth-order valence-corrected chi connectivity index (χ4v) is 2.46. The summed E-state index contributed by atoms with van der Waals surface area (Å²) in [5.41, 5.74) is 1.75. The Morgan fingerprint density at radius 2 is 2.26 bits per heavy atom. The molecule has 0 aliphatic heterocycles. The van der Waals surface area contributed by atoms with Gasteiger partial charge in [-0.2, -0.15) is 0 Å². The summed E-state index contributed by atoms with van der Waals surface area (Å²) in [5.74, 6) is -0.268. The molecule has 0 spiro atoms. The first-order valence-corrected chi connectivity index (χ1v) is 6.96. The van der Waals surface area contributed by atoms with Crippen LogP contribution >= 0.6 is 15.9 Å². The second-order valence-corrected chi connectivity index (χ2v) is 5.11. The third-order valence-electron chi connectivity index (χ3n) is 2.94. The molecule has 1 N–H and O–H groups in total. The van der Waals surface area contributed by atoms with Gasteiger partial charge >= 0.3 is 0 Å². The monoisotopic (exact) mass is 326 g/mol. The van der Waals surface area contributed by atoms with E-state index in [-0.39, 0.29) is 11.9 Å². The Morgan fingerprint density at radius 3 is 2.89 bits per heavy atom. The van der Waals surface area contributed by atoms with E-state index in [0.29, 0.717) is 4.47 Å². The van der Waals surface area contributed by atoms with E-state index in [1.807, 2.05) is 13.1 Å². The minimum absolute atomic E-state index is 0.134. The van der Waals surface area contributed by atoms with E-state index in [1.54, 1.807) is 16.9 Å². The normalized spacial score (nSPS) is 12.6. The maximum absolute atomic E-state index is 13.7. The van der Waals surface area contributed by atoms with Crippen molar-refractivity contribution in [2.75, 3.05) is 6.54 Å². The highest BCUT2D eigenvalue weighted by molar-refractivity contribution is 9.10. The van der Waals surface area contributed by atoms with E-state index in [9.17, 15) is 4.39 Å². The van der Waals surface area contributed by atoms with Crippen LogP contribution in [0.15, 0.2) is 28.9 Å². The average molecular weight is 327 g/mol. The molecular weight excluding hydrogens is 311 g/mol. The molecule has 0 saturated carbocycles. The maximum Gasteiger partial charge on any atom is 0.137 e. The first kappa shape index (κ1) is 14.1. The number of nitrogens with one attached hydrogen (secondary N) is 1. The topological polar surface area (TPSA) is 42.7 Å². The molecule has 0 saturated heterocycles. The zero-order chi connectivity index (χ0) is 13.8. The van der Waals surface area contributed by atoms with Crippen molar-refractivity contribution in [2.45, 2.75) is 19.4 Å². The molecular formula is C13H16BrFN4. The number of nitrogens with zero attached hydrogens (tertiary/aromatic N) is 3. The van der Waals surface area contributed by atoms with Crippen LogP contribution in [0.4, 0.5) is 4.39 Å². The lowest BCUT2D eigenvalue weighted by molar-refractivity contribution is 0.542. The SMILES string of the molecule is CCCNC(c1cccc(F)c1Br)c1cnnn1C. The summed E-state index contributed by atoms with van der Waals surface area (Å²) in [4.78, 5) is 0. The molecule has 19 heavy (non-hydrogen) atoms. The number of benzene rings is 1. The molecule has 6 heteroatoms. The second kappa shape index (κ2) is 6.25. The number of halogens is 2. The van der Waals surface area contributed by atoms with Gasteiger partial charge in [-0.3, -0.25) is 4.68 Å². The van der Waals surface area contributed by atoms with Gasteiger partial charge in [0.15, 0.2) is 0 Å². The fraction of sp³-hybridized carbons (Fsp3) is 0.385. The molecule has 1 heterocycles. The lowest BCUT2D eigenvalue weighted by Crippen LogP contribution is -2.25. The van der Waals surface area contributed by atoms with Crippen molar-refractivity contribution in [1.82, 2.24) is 20.3 Å². The Morgan fingerprint density at radius 1 is 1.47 bits per heavy atom. The number of hydrogen-bond donors (Lipinski definition) is 1. The van der Waals surface area contributed by atoms with Gasteiger partial charge in [0.25, 0.3) is 0 Å². The summed E-state index contributed by atoms with van der Waals surface area (Å²) in [6.07, 6.45) is 2.69. The minimum atomic E-state index is -0.268. The molecule has 2 rings (SSSR count). The molecule has 1 atom stereocenters. The molecule has 102 valence electrons. The summed E-state index contributed by atoms with van der Waals surface area (Å²) in [5, 5.41) is 11.2. The molecule has 1 unspecified atom stereocenters. The molecule has 0 fully saturated rings. The van der Waals surface area contributed by atoms with Crippen molar-refractivity contribution in [3.63, 3.8) is 0 Å². The van der Waals surface area contributed by atoms with Crippen LogP contribution in [0.2, 0.25) is 0 Å². The summed E-state index contributed by atoms with van der Waals surface area (Å²) >= 11 is 3.32. The molecule has 0 aliphatic rings. The van der Waals surface area contributed by atoms with Gasteiger partial charge in [-0.15, -0.1) is 5.10 Å². The Labute approximate surface area is 120 Å². The third kappa shape index (κ3) is 3.01. The largest absolute Gasteiger partial charge is 0.305 e. The molecule has 0 amide bonds. The summed E-state index contributed by atoms with van der Waals surface area (Å²) in [6, 6.07) is 4.91. The first-order valence-electron chi connectivity index (χ1n) is 6.17. The van der Waals surface area contributed by atoms with Gasteiger partial charge in [-0.25, -0.2) is 4.39 Å². The molecule has 1 aromatic carbocycles. The van der Waals surface area contributed by atoms with E-state index in [4.69, 9.17) is 0 Å². The second-order valence-electron chi connectivity index (χ2n) is 4.31. The van der Waals surface area contributed by atoms with E-state index in [1.165, 1.54) is 6.07 Å². The van der Waals surface area contributed by atoms with Crippen molar-refractivity contribution in [3.8, 4) is 0 Å². The smallest absolute Gasteiger partial charge is 0.137 e. The Balaban J connectivity index is 2.43. The van der Waals surface area contributed by atoms with E-state index < -0.39 is 0 Å². The lowest BCUT2D eigenvalue weighted by atomic mass is 10.0. The van der Waals surface area contributed by atoms with Gasteiger partial charge in [-0.05, 0) is 40.5 Å². The van der Waals surface area contributed by atoms with Gasteiger partial charge in [-0.1, -0.05) is 24.3 Å². The molecule has 0 radical (unpaired) electrons. The molecule has 0 aliphatic carbocycles. The number of rotatable bonds is 5. The predicted octanol–water partition coefficient (Wildman–Crippen LogP) is 2.81. The quantitative estimate of drug-likeness (QED) is 0.918.